The van der Waals surface area contributed by atoms with Crippen molar-refractivity contribution in [2.45, 2.75) is 13.5 Å². The number of benzene rings is 2. The molecule has 2 N–H and O–H groups in total. The van der Waals surface area contributed by atoms with Crippen molar-refractivity contribution in [2.24, 2.45) is 0 Å². The summed E-state index contributed by atoms with van der Waals surface area (Å²) in [4.78, 5) is 25.3. The lowest BCUT2D eigenvalue weighted by molar-refractivity contribution is -0.117. The number of hydrogen-bond donors (Lipinski definition) is 2. The molecule has 3 amide bonds. The molecule has 2 aromatic rings. The van der Waals surface area contributed by atoms with Crippen LogP contribution in [0.25, 0.3) is 0 Å². The van der Waals surface area contributed by atoms with Crippen molar-refractivity contribution in [2.75, 3.05) is 18.5 Å². The largest absolute Gasteiger partial charge is 0.334 e. The molecule has 0 fully saturated rings. The van der Waals surface area contributed by atoms with E-state index < -0.39 is 0 Å². The number of nitrogens with one attached hydrogen (secondary N) is 2. The summed E-state index contributed by atoms with van der Waals surface area (Å²) in [5, 5.41) is 5.31. The zero-order valence-corrected chi connectivity index (χ0v) is 13.4. The number of amides is 3. The number of likely N-dealkylation sites (N-methyl/N-ethyl adjacent to an activating group) is 1. The molecule has 0 atom stereocenters. The van der Waals surface area contributed by atoms with Crippen molar-refractivity contribution < 1.29 is 9.59 Å². The number of nitrogens with zero attached hydrogens (tertiary/aromatic N) is 1. The zero-order valence-electron chi connectivity index (χ0n) is 13.4. The maximum absolute atomic E-state index is 12.0. The molecule has 0 heterocycles. The Morgan fingerprint density at radius 3 is 2.26 bits per heavy atom. The summed E-state index contributed by atoms with van der Waals surface area (Å²) in [7, 11) is 1.68. The molecule has 0 spiro atoms. The zero-order chi connectivity index (χ0) is 16.7. The number of carbonyl (C=O) groups is 2. The van der Waals surface area contributed by atoms with Crippen LogP contribution in [0.5, 0.6) is 0 Å². The van der Waals surface area contributed by atoms with Crippen LogP contribution in [0.2, 0.25) is 0 Å². The number of rotatable bonds is 5. The van der Waals surface area contributed by atoms with Crippen LogP contribution < -0.4 is 15.5 Å². The molecular weight excluding hydrogens is 290 g/mol. The SMILES string of the molecule is Cc1ccc(CNC(=O)NCC(=O)N(C)c2ccccc2)cc1. The maximum Gasteiger partial charge on any atom is 0.315 e. The Labute approximate surface area is 136 Å². The molecule has 23 heavy (non-hydrogen) atoms. The molecule has 0 saturated heterocycles. The van der Waals surface area contributed by atoms with Gasteiger partial charge in [0.15, 0.2) is 0 Å². The van der Waals surface area contributed by atoms with Crippen molar-refractivity contribution in [1.29, 1.82) is 0 Å². The topological polar surface area (TPSA) is 61.4 Å². The fraction of sp³-hybridized carbons (Fsp3) is 0.222. The fourth-order valence-corrected chi connectivity index (χ4v) is 2.02. The van der Waals surface area contributed by atoms with Crippen LogP contribution in [-0.2, 0) is 11.3 Å². The fourth-order valence-electron chi connectivity index (χ4n) is 2.02. The van der Waals surface area contributed by atoms with Gasteiger partial charge in [-0.25, -0.2) is 4.79 Å². The molecule has 120 valence electrons. The van der Waals surface area contributed by atoms with Gasteiger partial charge in [0.1, 0.15) is 0 Å². The van der Waals surface area contributed by atoms with E-state index in [0.717, 1.165) is 11.3 Å². The highest BCUT2D eigenvalue weighted by Gasteiger charge is 2.11. The molecule has 0 bridgehead atoms. The predicted octanol–water partition coefficient (Wildman–Crippen LogP) is 2.46. The van der Waals surface area contributed by atoms with Gasteiger partial charge >= 0.3 is 6.03 Å². The third kappa shape index (κ3) is 5.14. The van der Waals surface area contributed by atoms with Gasteiger partial charge in [-0.1, -0.05) is 48.0 Å². The highest BCUT2D eigenvalue weighted by Crippen LogP contribution is 2.10. The van der Waals surface area contributed by atoms with Gasteiger partial charge in [-0.2, -0.15) is 0 Å². The summed E-state index contributed by atoms with van der Waals surface area (Å²) in [6.45, 7) is 2.39. The van der Waals surface area contributed by atoms with Gasteiger partial charge in [-0.05, 0) is 24.6 Å². The van der Waals surface area contributed by atoms with Crippen LogP contribution in [0, 0.1) is 6.92 Å². The van der Waals surface area contributed by atoms with Crippen LogP contribution >= 0.6 is 0 Å². The van der Waals surface area contributed by atoms with Gasteiger partial charge in [0.25, 0.3) is 0 Å². The number of hydrogen-bond acceptors (Lipinski definition) is 2. The minimum atomic E-state index is -0.361. The summed E-state index contributed by atoms with van der Waals surface area (Å²) in [5.74, 6) is -0.179. The Morgan fingerprint density at radius 1 is 0.957 bits per heavy atom. The predicted molar refractivity (Wildman–Crippen MR) is 91.3 cm³/mol. The van der Waals surface area contributed by atoms with Crippen molar-refractivity contribution in [3.05, 3.63) is 65.7 Å². The number of anilines is 1. The van der Waals surface area contributed by atoms with Gasteiger partial charge in [-0.3, -0.25) is 4.79 Å². The maximum atomic E-state index is 12.0. The second-order valence-corrected chi connectivity index (χ2v) is 5.31. The van der Waals surface area contributed by atoms with Crippen LogP contribution in [0.15, 0.2) is 54.6 Å². The van der Waals surface area contributed by atoms with Gasteiger partial charge in [-0.15, -0.1) is 0 Å². The molecule has 2 rings (SSSR count). The van der Waals surface area contributed by atoms with E-state index in [1.54, 1.807) is 7.05 Å². The average molecular weight is 311 g/mol. The van der Waals surface area contributed by atoms with Crippen molar-refractivity contribution in [1.82, 2.24) is 10.6 Å². The highest BCUT2D eigenvalue weighted by atomic mass is 16.2. The number of para-hydroxylation sites is 1. The number of aryl methyl sites for hydroxylation is 1. The van der Waals surface area contributed by atoms with Crippen LogP contribution in [-0.4, -0.2) is 25.5 Å². The first-order valence-corrected chi connectivity index (χ1v) is 7.45. The average Bonchev–Trinajstić information content (AvgIpc) is 2.59. The molecule has 0 saturated carbocycles. The van der Waals surface area contributed by atoms with Crippen molar-refractivity contribution in [3.63, 3.8) is 0 Å². The second kappa shape index (κ2) is 7.98. The molecule has 5 nitrogen and oxygen atoms in total. The Balaban J connectivity index is 1.75. The summed E-state index contributed by atoms with van der Waals surface area (Å²) >= 11 is 0. The molecule has 0 radical (unpaired) electrons. The molecule has 0 aliphatic rings. The lowest BCUT2D eigenvalue weighted by Crippen LogP contribution is -2.42. The molecule has 5 heteroatoms. The minimum absolute atomic E-state index is 0.0505. The van der Waals surface area contributed by atoms with Gasteiger partial charge in [0.05, 0.1) is 6.54 Å². The first kappa shape index (κ1) is 16.5. The normalized spacial score (nSPS) is 10.0. The summed E-state index contributed by atoms with van der Waals surface area (Å²) in [6, 6.07) is 16.8. The van der Waals surface area contributed by atoms with E-state index in [4.69, 9.17) is 0 Å². The lowest BCUT2D eigenvalue weighted by Gasteiger charge is -2.17. The van der Waals surface area contributed by atoms with Gasteiger partial charge < -0.3 is 15.5 Å². The van der Waals surface area contributed by atoms with Crippen LogP contribution in [0.3, 0.4) is 0 Å². The minimum Gasteiger partial charge on any atom is -0.334 e. The Kier molecular flexibility index (Phi) is 5.74. The number of urea groups is 1. The van der Waals surface area contributed by atoms with Crippen LogP contribution in [0.1, 0.15) is 11.1 Å². The van der Waals surface area contributed by atoms with E-state index in [1.165, 1.54) is 10.5 Å². The number of carbonyl (C=O) groups excluding carboxylic acids is 2. The quantitative estimate of drug-likeness (QED) is 0.891. The van der Waals surface area contributed by atoms with Crippen molar-refractivity contribution >= 4 is 17.6 Å². The first-order valence-electron chi connectivity index (χ1n) is 7.45. The van der Waals surface area contributed by atoms with Gasteiger partial charge in [0.2, 0.25) is 5.91 Å². The molecular formula is C18H21N3O2. The smallest absolute Gasteiger partial charge is 0.315 e. The Hall–Kier alpha value is -2.82. The highest BCUT2D eigenvalue weighted by molar-refractivity contribution is 5.96. The lowest BCUT2D eigenvalue weighted by atomic mass is 10.1. The third-order valence-electron chi connectivity index (χ3n) is 3.49. The van der Waals surface area contributed by atoms with E-state index >= 15 is 0 Å². The van der Waals surface area contributed by atoms with Gasteiger partial charge in [0, 0.05) is 19.3 Å². The van der Waals surface area contributed by atoms with E-state index in [2.05, 4.69) is 10.6 Å². The Morgan fingerprint density at radius 2 is 1.61 bits per heavy atom. The third-order valence-corrected chi connectivity index (χ3v) is 3.49. The molecule has 0 aliphatic carbocycles. The first-order chi connectivity index (χ1) is 11.1. The summed E-state index contributed by atoms with van der Waals surface area (Å²) < 4.78 is 0. The monoisotopic (exact) mass is 311 g/mol. The van der Waals surface area contributed by atoms with Crippen LogP contribution in [0.4, 0.5) is 10.5 Å². The summed E-state index contributed by atoms with van der Waals surface area (Å²) in [6.07, 6.45) is 0. The second-order valence-electron chi connectivity index (χ2n) is 5.31. The summed E-state index contributed by atoms with van der Waals surface area (Å²) in [5.41, 5.74) is 2.98. The van der Waals surface area contributed by atoms with E-state index in [9.17, 15) is 9.59 Å². The standard InChI is InChI=1S/C18H21N3O2/c1-14-8-10-15(11-9-14)12-19-18(23)20-13-17(22)21(2)16-6-4-3-5-7-16/h3-11H,12-13H2,1-2H3,(H2,19,20,23). The Bertz CT molecular complexity index is 654. The van der Waals surface area contributed by atoms with Crippen molar-refractivity contribution in [3.8, 4) is 0 Å². The molecule has 2 aromatic carbocycles. The van der Waals surface area contributed by atoms with E-state index in [0.29, 0.717) is 6.54 Å². The molecule has 0 aliphatic heterocycles. The molecule has 0 unspecified atom stereocenters. The van der Waals surface area contributed by atoms with E-state index in [1.807, 2.05) is 61.5 Å². The molecule has 0 aromatic heterocycles. The van der Waals surface area contributed by atoms with E-state index in [-0.39, 0.29) is 18.5 Å².